The Labute approximate surface area is 123 Å². The Morgan fingerprint density at radius 3 is 2.67 bits per heavy atom. The van der Waals surface area contributed by atoms with E-state index in [0.717, 1.165) is 19.5 Å². The molecule has 1 aromatic heterocycles. The predicted molar refractivity (Wildman–Crippen MR) is 81.2 cm³/mol. The van der Waals surface area contributed by atoms with E-state index in [0.29, 0.717) is 17.5 Å². The molecule has 0 unspecified atom stereocenters. The van der Waals surface area contributed by atoms with Crippen LogP contribution in [0.3, 0.4) is 0 Å². The SMILES string of the molecule is CN(C)CCCNc1cnnc(Nc2ccc(F)cc2)n1. The number of rotatable bonds is 7. The van der Waals surface area contributed by atoms with Crippen molar-refractivity contribution in [1.29, 1.82) is 0 Å². The highest BCUT2D eigenvalue weighted by Crippen LogP contribution is 2.13. The van der Waals surface area contributed by atoms with Crippen LogP contribution in [0, 0.1) is 5.82 Å². The molecule has 0 spiro atoms. The van der Waals surface area contributed by atoms with Crippen LogP contribution in [0.15, 0.2) is 30.5 Å². The average molecular weight is 290 g/mol. The third-order valence-electron chi connectivity index (χ3n) is 2.75. The number of hydrogen-bond donors (Lipinski definition) is 2. The first-order valence-corrected chi connectivity index (χ1v) is 6.74. The van der Waals surface area contributed by atoms with Gasteiger partial charge < -0.3 is 15.5 Å². The maximum atomic E-state index is 12.8. The molecule has 0 amide bonds. The summed E-state index contributed by atoms with van der Waals surface area (Å²) in [6.45, 7) is 1.82. The second-order valence-electron chi connectivity index (χ2n) is 4.88. The van der Waals surface area contributed by atoms with Crippen molar-refractivity contribution in [2.45, 2.75) is 6.42 Å². The molecule has 0 aliphatic rings. The molecule has 1 heterocycles. The number of halogens is 1. The minimum Gasteiger partial charge on any atom is -0.369 e. The van der Waals surface area contributed by atoms with Gasteiger partial charge in [0.25, 0.3) is 0 Å². The van der Waals surface area contributed by atoms with Crippen LogP contribution >= 0.6 is 0 Å². The quantitative estimate of drug-likeness (QED) is 0.761. The van der Waals surface area contributed by atoms with Crippen molar-refractivity contribution in [3.63, 3.8) is 0 Å². The van der Waals surface area contributed by atoms with Gasteiger partial charge >= 0.3 is 0 Å². The maximum Gasteiger partial charge on any atom is 0.249 e. The van der Waals surface area contributed by atoms with Crippen LogP contribution in [-0.2, 0) is 0 Å². The second kappa shape index (κ2) is 7.49. The molecule has 0 saturated heterocycles. The summed E-state index contributed by atoms with van der Waals surface area (Å²) in [7, 11) is 4.08. The van der Waals surface area contributed by atoms with E-state index in [9.17, 15) is 4.39 Å². The molecule has 2 N–H and O–H groups in total. The number of nitrogens with zero attached hydrogens (tertiary/aromatic N) is 4. The van der Waals surface area contributed by atoms with Crippen molar-refractivity contribution >= 4 is 17.5 Å². The fraction of sp³-hybridized carbons (Fsp3) is 0.357. The van der Waals surface area contributed by atoms with Crippen LogP contribution in [-0.4, -0.2) is 47.3 Å². The molecular weight excluding hydrogens is 271 g/mol. The predicted octanol–water partition coefficient (Wildman–Crippen LogP) is 2.12. The molecule has 112 valence electrons. The van der Waals surface area contributed by atoms with Crippen LogP contribution in [0.25, 0.3) is 0 Å². The zero-order valence-corrected chi connectivity index (χ0v) is 12.2. The molecule has 21 heavy (non-hydrogen) atoms. The Bertz CT molecular complexity index is 558. The van der Waals surface area contributed by atoms with Gasteiger partial charge in [-0.2, -0.15) is 10.1 Å². The van der Waals surface area contributed by atoms with Gasteiger partial charge in [0.2, 0.25) is 5.95 Å². The summed E-state index contributed by atoms with van der Waals surface area (Å²) in [5.74, 6) is 0.753. The van der Waals surface area contributed by atoms with Gasteiger partial charge in [-0.25, -0.2) is 4.39 Å². The summed E-state index contributed by atoms with van der Waals surface area (Å²) >= 11 is 0. The van der Waals surface area contributed by atoms with Crippen LogP contribution in [0.1, 0.15) is 6.42 Å². The zero-order valence-electron chi connectivity index (χ0n) is 12.2. The van der Waals surface area contributed by atoms with Crippen molar-refractivity contribution in [1.82, 2.24) is 20.1 Å². The van der Waals surface area contributed by atoms with Gasteiger partial charge in [0.05, 0.1) is 6.20 Å². The molecule has 7 heteroatoms. The highest BCUT2D eigenvalue weighted by atomic mass is 19.1. The summed E-state index contributed by atoms with van der Waals surface area (Å²) in [4.78, 5) is 6.43. The lowest BCUT2D eigenvalue weighted by Gasteiger charge is -2.10. The Morgan fingerprint density at radius 2 is 1.95 bits per heavy atom. The average Bonchev–Trinajstić information content (AvgIpc) is 2.46. The van der Waals surface area contributed by atoms with E-state index in [4.69, 9.17) is 0 Å². The van der Waals surface area contributed by atoms with E-state index in [1.165, 1.54) is 12.1 Å². The molecule has 2 aromatic rings. The fourth-order valence-corrected chi connectivity index (χ4v) is 1.72. The van der Waals surface area contributed by atoms with Crippen molar-refractivity contribution < 1.29 is 4.39 Å². The van der Waals surface area contributed by atoms with Crippen molar-refractivity contribution in [3.05, 3.63) is 36.3 Å². The highest BCUT2D eigenvalue weighted by molar-refractivity contribution is 5.53. The Balaban J connectivity index is 1.89. The lowest BCUT2D eigenvalue weighted by Crippen LogP contribution is -2.16. The van der Waals surface area contributed by atoms with E-state index in [-0.39, 0.29) is 5.82 Å². The molecule has 0 radical (unpaired) electrons. The molecule has 0 bridgehead atoms. The summed E-state index contributed by atoms with van der Waals surface area (Å²) in [6, 6.07) is 5.99. The third-order valence-corrected chi connectivity index (χ3v) is 2.75. The van der Waals surface area contributed by atoms with Crippen LogP contribution in [0.2, 0.25) is 0 Å². The van der Waals surface area contributed by atoms with E-state index in [1.54, 1.807) is 18.3 Å². The van der Waals surface area contributed by atoms with Crippen molar-refractivity contribution in [2.75, 3.05) is 37.8 Å². The largest absolute Gasteiger partial charge is 0.369 e. The Morgan fingerprint density at radius 1 is 1.19 bits per heavy atom. The lowest BCUT2D eigenvalue weighted by molar-refractivity contribution is 0.405. The summed E-state index contributed by atoms with van der Waals surface area (Å²) in [6.07, 6.45) is 2.59. The minimum atomic E-state index is -0.282. The van der Waals surface area contributed by atoms with Crippen LogP contribution in [0.4, 0.5) is 21.8 Å². The zero-order chi connectivity index (χ0) is 15.1. The fourth-order valence-electron chi connectivity index (χ4n) is 1.72. The van der Waals surface area contributed by atoms with E-state index >= 15 is 0 Å². The Hall–Kier alpha value is -2.28. The first-order chi connectivity index (χ1) is 10.1. The molecule has 6 nitrogen and oxygen atoms in total. The van der Waals surface area contributed by atoms with E-state index in [2.05, 4.69) is 30.7 Å². The van der Waals surface area contributed by atoms with Gasteiger partial charge in [0.15, 0.2) is 5.82 Å². The Kier molecular flexibility index (Phi) is 5.39. The molecule has 0 aliphatic heterocycles. The third kappa shape index (κ3) is 5.31. The first kappa shape index (κ1) is 15.1. The highest BCUT2D eigenvalue weighted by Gasteiger charge is 2.01. The van der Waals surface area contributed by atoms with Gasteiger partial charge in [-0.05, 0) is 51.3 Å². The molecule has 1 aromatic carbocycles. The van der Waals surface area contributed by atoms with E-state index in [1.807, 2.05) is 14.1 Å². The molecule has 0 atom stereocenters. The smallest absolute Gasteiger partial charge is 0.249 e. The first-order valence-electron chi connectivity index (χ1n) is 6.74. The molecule has 0 fully saturated rings. The van der Waals surface area contributed by atoms with E-state index < -0.39 is 0 Å². The normalized spacial score (nSPS) is 10.7. The molecule has 0 aliphatic carbocycles. The monoisotopic (exact) mass is 290 g/mol. The van der Waals surface area contributed by atoms with Gasteiger partial charge in [0, 0.05) is 12.2 Å². The van der Waals surface area contributed by atoms with Gasteiger partial charge in [-0.1, -0.05) is 0 Å². The number of anilines is 3. The van der Waals surface area contributed by atoms with Gasteiger partial charge in [-0.3, -0.25) is 0 Å². The van der Waals surface area contributed by atoms with Crippen LogP contribution in [0.5, 0.6) is 0 Å². The van der Waals surface area contributed by atoms with Gasteiger partial charge in [-0.15, -0.1) is 5.10 Å². The van der Waals surface area contributed by atoms with Gasteiger partial charge in [0.1, 0.15) is 5.82 Å². The number of nitrogens with one attached hydrogen (secondary N) is 2. The summed E-state index contributed by atoms with van der Waals surface area (Å²) in [5, 5.41) is 14.0. The molecule has 0 saturated carbocycles. The van der Waals surface area contributed by atoms with Crippen molar-refractivity contribution in [2.24, 2.45) is 0 Å². The van der Waals surface area contributed by atoms with Crippen LogP contribution < -0.4 is 10.6 Å². The standard InChI is InChI=1S/C14H19FN6/c1-21(2)9-3-8-16-13-10-17-20-14(19-13)18-12-6-4-11(15)5-7-12/h4-7,10H,3,8-9H2,1-2H3,(H2,16,18,19,20). The van der Waals surface area contributed by atoms with Crippen molar-refractivity contribution in [3.8, 4) is 0 Å². The lowest BCUT2D eigenvalue weighted by atomic mass is 10.3. The number of aromatic nitrogens is 3. The molecular formula is C14H19FN6. The minimum absolute atomic E-state index is 0.282. The topological polar surface area (TPSA) is 66.0 Å². The maximum absolute atomic E-state index is 12.8. The molecule has 2 rings (SSSR count). The summed E-state index contributed by atoms with van der Waals surface area (Å²) in [5.41, 5.74) is 0.711. The summed E-state index contributed by atoms with van der Waals surface area (Å²) < 4.78 is 12.8. The number of hydrogen-bond acceptors (Lipinski definition) is 6. The second-order valence-corrected chi connectivity index (χ2v) is 4.88. The number of benzene rings is 1.